The molecule has 3 rings (SSSR count). The zero-order chi connectivity index (χ0) is 20.1. The highest BCUT2D eigenvalue weighted by Crippen LogP contribution is 2.26. The van der Waals surface area contributed by atoms with Gasteiger partial charge in [0.25, 0.3) is 5.69 Å². The molecule has 0 N–H and O–H groups in total. The van der Waals surface area contributed by atoms with Crippen LogP contribution in [0.25, 0.3) is 0 Å². The molecule has 148 valence electrons. The van der Waals surface area contributed by atoms with Crippen LogP contribution >= 0.6 is 0 Å². The molecule has 28 heavy (non-hydrogen) atoms. The van der Waals surface area contributed by atoms with Gasteiger partial charge in [-0.05, 0) is 67.9 Å². The maximum absolute atomic E-state index is 13.0. The number of benzene rings is 2. The van der Waals surface area contributed by atoms with Crippen LogP contribution in [-0.2, 0) is 4.74 Å². The first-order chi connectivity index (χ1) is 13.5. The molecule has 0 unspecified atom stereocenters. The molecule has 1 heterocycles. The predicted molar refractivity (Wildman–Crippen MR) is 103 cm³/mol. The summed E-state index contributed by atoms with van der Waals surface area (Å²) in [5.41, 5.74) is 1.50. The molecule has 0 aliphatic carbocycles. The first-order valence-electron chi connectivity index (χ1n) is 9.27. The summed E-state index contributed by atoms with van der Waals surface area (Å²) >= 11 is 0. The SMILES string of the molecule is CO[C@H](CN1CCC(C(=O)c2ccc(F)cc2)CC1)c1ccc([N+](=O)[O-])cc1. The van der Waals surface area contributed by atoms with Gasteiger partial charge in [0.1, 0.15) is 5.82 Å². The van der Waals surface area contributed by atoms with Crippen molar-refractivity contribution < 1.29 is 18.8 Å². The summed E-state index contributed by atoms with van der Waals surface area (Å²) in [5, 5.41) is 10.8. The smallest absolute Gasteiger partial charge is 0.269 e. The van der Waals surface area contributed by atoms with E-state index >= 15 is 0 Å². The lowest BCUT2D eigenvalue weighted by Crippen LogP contribution is -2.39. The fourth-order valence-corrected chi connectivity index (χ4v) is 3.59. The Labute approximate surface area is 163 Å². The van der Waals surface area contributed by atoms with Crippen molar-refractivity contribution in [1.82, 2.24) is 4.90 Å². The molecule has 0 bridgehead atoms. The van der Waals surface area contributed by atoms with E-state index in [-0.39, 0.29) is 29.3 Å². The third-order valence-electron chi connectivity index (χ3n) is 5.27. The topological polar surface area (TPSA) is 72.7 Å². The number of nitro benzene ring substituents is 1. The molecule has 1 fully saturated rings. The molecular formula is C21H23FN2O4. The summed E-state index contributed by atoms with van der Waals surface area (Å²) in [7, 11) is 1.62. The summed E-state index contributed by atoms with van der Waals surface area (Å²) in [4.78, 5) is 25.2. The highest BCUT2D eigenvalue weighted by atomic mass is 19.1. The zero-order valence-corrected chi connectivity index (χ0v) is 15.7. The number of carbonyl (C=O) groups excluding carboxylic acids is 1. The minimum Gasteiger partial charge on any atom is -0.375 e. The zero-order valence-electron chi connectivity index (χ0n) is 15.7. The summed E-state index contributed by atoms with van der Waals surface area (Å²) < 4.78 is 18.6. The standard InChI is InChI=1S/C21H23FN2O4/c1-28-20(15-4-8-19(9-5-15)24(26)27)14-23-12-10-17(11-13-23)21(25)16-2-6-18(22)7-3-16/h2-9,17,20H,10-14H2,1H3/t20-/m1/s1. The largest absolute Gasteiger partial charge is 0.375 e. The van der Waals surface area contributed by atoms with Crippen molar-refractivity contribution in [2.45, 2.75) is 18.9 Å². The number of ether oxygens (including phenoxy) is 1. The number of hydrogen-bond acceptors (Lipinski definition) is 5. The van der Waals surface area contributed by atoms with E-state index in [2.05, 4.69) is 4.90 Å². The predicted octanol–water partition coefficient (Wildman–Crippen LogP) is 4.02. The number of rotatable bonds is 7. The number of ketones is 1. The molecule has 0 aromatic heterocycles. The second-order valence-corrected chi connectivity index (χ2v) is 7.02. The molecule has 0 saturated carbocycles. The number of nitrogens with zero attached hydrogens (tertiary/aromatic N) is 2. The number of likely N-dealkylation sites (tertiary alicyclic amines) is 1. The van der Waals surface area contributed by atoms with E-state index in [1.807, 2.05) is 0 Å². The van der Waals surface area contributed by atoms with Crippen LogP contribution in [0.5, 0.6) is 0 Å². The molecule has 0 amide bonds. The van der Waals surface area contributed by atoms with Crippen molar-refractivity contribution in [2.24, 2.45) is 5.92 Å². The summed E-state index contributed by atoms with van der Waals surface area (Å²) in [6, 6.07) is 12.1. The molecule has 0 radical (unpaired) electrons. The van der Waals surface area contributed by atoms with Crippen molar-refractivity contribution in [3.63, 3.8) is 0 Å². The van der Waals surface area contributed by atoms with Gasteiger partial charge in [0.2, 0.25) is 0 Å². The van der Waals surface area contributed by atoms with Gasteiger partial charge in [-0.25, -0.2) is 4.39 Å². The van der Waals surface area contributed by atoms with Gasteiger partial charge in [0.05, 0.1) is 11.0 Å². The van der Waals surface area contributed by atoms with Gasteiger partial charge in [0, 0.05) is 37.3 Å². The van der Waals surface area contributed by atoms with Crippen molar-refractivity contribution in [1.29, 1.82) is 0 Å². The molecule has 6 nitrogen and oxygen atoms in total. The Kier molecular flexibility index (Phi) is 6.49. The molecule has 1 aliphatic rings. The maximum Gasteiger partial charge on any atom is 0.269 e. The molecule has 2 aromatic carbocycles. The Morgan fingerprint density at radius 3 is 2.32 bits per heavy atom. The highest BCUT2D eigenvalue weighted by Gasteiger charge is 2.27. The van der Waals surface area contributed by atoms with Gasteiger partial charge in [-0.2, -0.15) is 0 Å². The fraction of sp³-hybridized carbons (Fsp3) is 0.381. The average molecular weight is 386 g/mol. The van der Waals surface area contributed by atoms with Crippen molar-refractivity contribution in [3.8, 4) is 0 Å². The lowest BCUT2D eigenvalue weighted by molar-refractivity contribution is -0.384. The Morgan fingerprint density at radius 2 is 1.79 bits per heavy atom. The minimum atomic E-state index is -0.422. The number of nitro groups is 1. The monoisotopic (exact) mass is 386 g/mol. The van der Waals surface area contributed by atoms with Crippen LogP contribution in [0.3, 0.4) is 0 Å². The number of hydrogen-bond donors (Lipinski definition) is 0. The van der Waals surface area contributed by atoms with Crippen LogP contribution in [0.15, 0.2) is 48.5 Å². The summed E-state index contributed by atoms with van der Waals surface area (Å²) in [5.74, 6) is -0.330. The lowest BCUT2D eigenvalue weighted by Gasteiger charge is -2.33. The number of methoxy groups -OCH3 is 1. The van der Waals surface area contributed by atoms with E-state index < -0.39 is 4.92 Å². The van der Waals surface area contributed by atoms with Crippen molar-refractivity contribution in [3.05, 3.63) is 75.6 Å². The van der Waals surface area contributed by atoms with Crippen LogP contribution in [0.2, 0.25) is 0 Å². The molecular weight excluding hydrogens is 363 g/mol. The van der Waals surface area contributed by atoms with Crippen molar-refractivity contribution in [2.75, 3.05) is 26.7 Å². The first kappa shape index (κ1) is 20.1. The third kappa shape index (κ3) is 4.79. The highest BCUT2D eigenvalue weighted by molar-refractivity contribution is 5.97. The Bertz CT molecular complexity index is 815. The molecule has 7 heteroatoms. The van der Waals surface area contributed by atoms with E-state index in [4.69, 9.17) is 4.74 Å². The van der Waals surface area contributed by atoms with E-state index in [1.165, 1.54) is 24.3 Å². The average Bonchev–Trinajstić information content (AvgIpc) is 2.72. The minimum absolute atomic E-state index is 0.0536. The van der Waals surface area contributed by atoms with Gasteiger partial charge < -0.3 is 9.64 Å². The quantitative estimate of drug-likeness (QED) is 0.408. The van der Waals surface area contributed by atoms with Gasteiger partial charge >= 0.3 is 0 Å². The normalized spacial score (nSPS) is 16.6. The molecule has 1 saturated heterocycles. The van der Waals surface area contributed by atoms with Crippen LogP contribution in [0.4, 0.5) is 10.1 Å². The molecule has 1 atom stereocenters. The molecule has 1 aliphatic heterocycles. The van der Waals surface area contributed by atoms with Crippen LogP contribution in [-0.4, -0.2) is 42.4 Å². The Balaban J connectivity index is 1.55. The number of carbonyl (C=O) groups is 1. The number of piperidine rings is 1. The van der Waals surface area contributed by atoms with Crippen LogP contribution < -0.4 is 0 Å². The third-order valence-corrected chi connectivity index (χ3v) is 5.27. The number of non-ortho nitro benzene ring substituents is 1. The molecule has 0 spiro atoms. The van der Waals surface area contributed by atoms with E-state index in [0.717, 1.165) is 31.5 Å². The molecule has 2 aromatic rings. The van der Waals surface area contributed by atoms with Gasteiger partial charge in [0.15, 0.2) is 5.78 Å². The maximum atomic E-state index is 13.0. The summed E-state index contributed by atoms with van der Waals surface area (Å²) in [6.07, 6.45) is 1.30. The van der Waals surface area contributed by atoms with Crippen LogP contribution in [0, 0.1) is 21.8 Å². The second-order valence-electron chi connectivity index (χ2n) is 7.02. The van der Waals surface area contributed by atoms with Gasteiger partial charge in [-0.15, -0.1) is 0 Å². The van der Waals surface area contributed by atoms with E-state index in [0.29, 0.717) is 12.1 Å². The Hall–Kier alpha value is -2.64. The fourth-order valence-electron chi connectivity index (χ4n) is 3.59. The lowest BCUT2D eigenvalue weighted by atomic mass is 9.88. The number of halogens is 1. The summed E-state index contributed by atoms with van der Waals surface area (Å²) in [6.45, 7) is 2.20. The Morgan fingerprint density at radius 1 is 1.18 bits per heavy atom. The first-order valence-corrected chi connectivity index (χ1v) is 9.27. The van der Waals surface area contributed by atoms with Crippen LogP contribution in [0.1, 0.15) is 34.9 Å². The second kappa shape index (κ2) is 9.03. The number of Topliss-reactive ketones (excluding diaryl/α,β-unsaturated/α-hetero) is 1. The van der Waals surface area contributed by atoms with Gasteiger partial charge in [-0.3, -0.25) is 14.9 Å². The van der Waals surface area contributed by atoms with E-state index in [1.54, 1.807) is 31.4 Å². The van der Waals surface area contributed by atoms with Gasteiger partial charge in [-0.1, -0.05) is 0 Å². The van der Waals surface area contributed by atoms with Crippen molar-refractivity contribution >= 4 is 11.5 Å². The van der Waals surface area contributed by atoms with E-state index in [9.17, 15) is 19.3 Å².